The Balaban J connectivity index is 1.65. The van der Waals surface area contributed by atoms with Gasteiger partial charge in [-0.2, -0.15) is 0 Å². The van der Waals surface area contributed by atoms with Crippen LogP contribution in [0.1, 0.15) is 42.9 Å². The molecule has 0 aliphatic carbocycles. The molecule has 2 aliphatic rings. The first-order valence-electron chi connectivity index (χ1n) is 7.64. The van der Waals surface area contributed by atoms with Crippen molar-refractivity contribution in [1.29, 1.82) is 0 Å². The predicted octanol–water partition coefficient (Wildman–Crippen LogP) is 1.52. The topological polar surface area (TPSA) is 58.8 Å². The average molecular weight is 293 g/mol. The molecule has 0 saturated carbocycles. The van der Waals surface area contributed by atoms with Crippen molar-refractivity contribution in [2.45, 2.75) is 38.8 Å². The molecule has 0 unspecified atom stereocenters. The van der Waals surface area contributed by atoms with Crippen molar-refractivity contribution in [3.05, 3.63) is 17.5 Å². The van der Waals surface area contributed by atoms with E-state index in [1.165, 1.54) is 0 Å². The van der Waals surface area contributed by atoms with Gasteiger partial charge in [0.05, 0.1) is 19.8 Å². The third-order valence-electron chi connectivity index (χ3n) is 4.41. The number of likely N-dealkylation sites (tertiary alicyclic amines) is 1. The first-order chi connectivity index (χ1) is 10.1. The summed E-state index contributed by atoms with van der Waals surface area (Å²) in [5.74, 6) is 0.728. The Labute approximate surface area is 125 Å². The van der Waals surface area contributed by atoms with Gasteiger partial charge in [-0.15, -0.1) is 0 Å². The highest BCUT2D eigenvalue weighted by molar-refractivity contribution is 5.93. The summed E-state index contributed by atoms with van der Waals surface area (Å²) in [4.78, 5) is 16.7. The summed E-state index contributed by atoms with van der Waals surface area (Å²) in [7, 11) is 0. The van der Waals surface area contributed by atoms with Gasteiger partial charge in [0.25, 0.3) is 5.91 Å². The average Bonchev–Trinajstić information content (AvgIpc) is 3.05. The third-order valence-corrected chi connectivity index (χ3v) is 4.41. The van der Waals surface area contributed by atoms with Crippen LogP contribution in [-0.2, 0) is 11.3 Å². The summed E-state index contributed by atoms with van der Waals surface area (Å²) in [5, 5.41) is 3.97. The summed E-state index contributed by atoms with van der Waals surface area (Å²) in [6.45, 7) is 8.99. The van der Waals surface area contributed by atoms with E-state index in [1.807, 2.05) is 4.90 Å². The second-order valence-electron chi connectivity index (χ2n) is 6.44. The van der Waals surface area contributed by atoms with Gasteiger partial charge in [-0.25, -0.2) is 0 Å². The van der Waals surface area contributed by atoms with Crippen molar-refractivity contribution < 1.29 is 14.1 Å². The number of morpholine rings is 1. The molecule has 0 aromatic carbocycles. The van der Waals surface area contributed by atoms with Gasteiger partial charge < -0.3 is 14.2 Å². The Morgan fingerprint density at radius 2 is 2.10 bits per heavy atom. The first kappa shape index (κ1) is 14.5. The summed E-state index contributed by atoms with van der Waals surface area (Å²) in [6, 6.07) is 1.78. The molecule has 0 bridgehead atoms. The molecular formula is C15H23N3O3. The molecule has 0 radical (unpaired) electrons. The predicted molar refractivity (Wildman–Crippen MR) is 76.9 cm³/mol. The minimum absolute atomic E-state index is 0.0190. The van der Waals surface area contributed by atoms with Crippen molar-refractivity contribution in [2.24, 2.45) is 0 Å². The molecule has 6 heteroatoms. The number of amides is 1. The Bertz CT molecular complexity index is 506. The van der Waals surface area contributed by atoms with Crippen molar-refractivity contribution in [3.63, 3.8) is 0 Å². The fourth-order valence-corrected chi connectivity index (χ4v) is 3.09. The van der Waals surface area contributed by atoms with Crippen LogP contribution >= 0.6 is 0 Å². The lowest BCUT2D eigenvalue weighted by molar-refractivity contribution is 0.0305. The standard InChI is InChI=1S/C15H23N3O3/c1-15(2)4-3-5-18(15)14(19)13-10-12(21-16-13)11-17-6-8-20-9-7-17/h10H,3-9,11H2,1-2H3. The van der Waals surface area contributed by atoms with Gasteiger partial charge in [0, 0.05) is 31.2 Å². The van der Waals surface area contributed by atoms with E-state index < -0.39 is 0 Å². The van der Waals surface area contributed by atoms with Crippen LogP contribution in [0.2, 0.25) is 0 Å². The zero-order chi connectivity index (χ0) is 14.9. The highest BCUT2D eigenvalue weighted by atomic mass is 16.5. The van der Waals surface area contributed by atoms with Gasteiger partial charge in [0.2, 0.25) is 0 Å². The van der Waals surface area contributed by atoms with E-state index in [0.29, 0.717) is 12.2 Å². The highest BCUT2D eigenvalue weighted by Gasteiger charge is 2.37. The Morgan fingerprint density at radius 3 is 2.76 bits per heavy atom. The molecule has 21 heavy (non-hydrogen) atoms. The van der Waals surface area contributed by atoms with E-state index in [0.717, 1.165) is 51.4 Å². The number of aromatic nitrogens is 1. The maximum absolute atomic E-state index is 12.5. The minimum Gasteiger partial charge on any atom is -0.379 e. The van der Waals surface area contributed by atoms with E-state index in [9.17, 15) is 4.79 Å². The van der Waals surface area contributed by atoms with Gasteiger partial charge in [0.15, 0.2) is 11.5 Å². The number of nitrogens with zero attached hydrogens (tertiary/aromatic N) is 3. The van der Waals surface area contributed by atoms with Crippen LogP contribution in [0.4, 0.5) is 0 Å². The van der Waals surface area contributed by atoms with Crippen molar-refractivity contribution in [3.8, 4) is 0 Å². The summed E-state index contributed by atoms with van der Waals surface area (Å²) in [6.07, 6.45) is 2.09. The monoisotopic (exact) mass is 293 g/mol. The third kappa shape index (κ3) is 3.11. The zero-order valence-electron chi connectivity index (χ0n) is 12.8. The van der Waals surface area contributed by atoms with Crippen LogP contribution in [0.25, 0.3) is 0 Å². The molecule has 0 atom stereocenters. The van der Waals surface area contributed by atoms with Gasteiger partial charge in [-0.1, -0.05) is 5.16 Å². The van der Waals surface area contributed by atoms with Gasteiger partial charge in [-0.3, -0.25) is 9.69 Å². The fraction of sp³-hybridized carbons (Fsp3) is 0.733. The zero-order valence-corrected chi connectivity index (χ0v) is 12.8. The molecule has 6 nitrogen and oxygen atoms in total. The lowest BCUT2D eigenvalue weighted by Crippen LogP contribution is -2.42. The number of carbonyl (C=O) groups excluding carboxylic acids is 1. The summed E-state index contributed by atoms with van der Waals surface area (Å²) in [5.41, 5.74) is 0.341. The van der Waals surface area contributed by atoms with Crippen LogP contribution in [0.5, 0.6) is 0 Å². The van der Waals surface area contributed by atoms with Crippen LogP contribution in [0.3, 0.4) is 0 Å². The van der Waals surface area contributed by atoms with Gasteiger partial charge in [0.1, 0.15) is 0 Å². The van der Waals surface area contributed by atoms with Gasteiger partial charge >= 0.3 is 0 Å². The van der Waals surface area contributed by atoms with E-state index in [1.54, 1.807) is 6.07 Å². The number of rotatable bonds is 3. The Morgan fingerprint density at radius 1 is 1.33 bits per heavy atom. The van der Waals surface area contributed by atoms with Gasteiger partial charge in [-0.05, 0) is 26.7 Å². The summed E-state index contributed by atoms with van der Waals surface area (Å²) >= 11 is 0. The number of hydrogen-bond acceptors (Lipinski definition) is 5. The molecule has 2 aliphatic heterocycles. The second kappa shape index (κ2) is 5.77. The number of hydrogen-bond donors (Lipinski definition) is 0. The van der Waals surface area contributed by atoms with E-state index in [4.69, 9.17) is 9.26 Å². The summed E-state index contributed by atoms with van der Waals surface area (Å²) < 4.78 is 10.7. The Kier molecular flexibility index (Phi) is 3.99. The van der Waals surface area contributed by atoms with E-state index in [-0.39, 0.29) is 11.4 Å². The molecule has 2 fully saturated rings. The highest BCUT2D eigenvalue weighted by Crippen LogP contribution is 2.29. The van der Waals surface area contributed by atoms with Crippen LogP contribution in [0, 0.1) is 0 Å². The first-order valence-corrected chi connectivity index (χ1v) is 7.64. The molecule has 1 aromatic rings. The number of ether oxygens (including phenoxy) is 1. The fourth-order valence-electron chi connectivity index (χ4n) is 3.09. The van der Waals surface area contributed by atoms with Crippen LogP contribution in [0.15, 0.2) is 10.6 Å². The van der Waals surface area contributed by atoms with Crippen molar-refractivity contribution in [2.75, 3.05) is 32.8 Å². The molecule has 3 heterocycles. The van der Waals surface area contributed by atoms with Crippen LogP contribution in [-0.4, -0.2) is 59.3 Å². The molecule has 116 valence electrons. The minimum atomic E-state index is -0.0829. The molecular weight excluding hydrogens is 270 g/mol. The van der Waals surface area contributed by atoms with Crippen molar-refractivity contribution >= 4 is 5.91 Å². The van der Waals surface area contributed by atoms with E-state index in [2.05, 4.69) is 23.9 Å². The lowest BCUT2D eigenvalue weighted by Gasteiger charge is -2.30. The molecule has 0 N–H and O–H groups in total. The smallest absolute Gasteiger partial charge is 0.276 e. The SMILES string of the molecule is CC1(C)CCCN1C(=O)c1cc(CN2CCOCC2)on1. The van der Waals surface area contributed by atoms with Crippen LogP contribution < -0.4 is 0 Å². The molecule has 0 spiro atoms. The largest absolute Gasteiger partial charge is 0.379 e. The normalized spacial score (nSPS) is 22.7. The molecule has 3 rings (SSSR count). The van der Waals surface area contributed by atoms with Crippen molar-refractivity contribution in [1.82, 2.24) is 15.0 Å². The van der Waals surface area contributed by atoms with E-state index >= 15 is 0 Å². The maximum atomic E-state index is 12.5. The quantitative estimate of drug-likeness (QED) is 0.845. The molecule has 2 saturated heterocycles. The maximum Gasteiger partial charge on any atom is 0.276 e. The lowest BCUT2D eigenvalue weighted by atomic mass is 10.0. The molecule has 1 amide bonds. The number of carbonyl (C=O) groups is 1. The second-order valence-corrected chi connectivity index (χ2v) is 6.44. The Hall–Kier alpha value is -1.40. The molecule has 1 aromatic heterocycles.